The third-order valence-corrected chi connectivity index (χ3v) is 3.28. The molecule has 0 bridgehead atoms. The molecule has 1 aromatic carbocycles. The quantitative estimate of drug-likeness (QED) is 0.738. The molecular weight excluding hydrogens is 228 g/mol. The first-order valence-electron chi connectivity index (χ1n) is 3.85. The van der Waals surface area contributed by atoms with Gasteiger partial charge in [0.2, 0.25) is 0 Å². The van der Waals surface area contributed by atoms with E-state index in [0.29, 0.717) is 9.04 Å². The van der Waals surface area contributed by atoms with E-state index in [1.807, 2.05) is 0 Å². The van der Waals surface area contributed by atoms with Gasteiger partial charge in [-0.2, -0.15) is 0 Å². The molecule has 5 heteroatoms. The average Bonchev–Trinajstić information content (AvgIpc) is 2.46. The molecule has 1 nitrogen and oxygen atoms in total. The fourth-order valence-electron chi connectivity index (χ4n) is 1.30. The van der Waals surface area contributed by atoms with Gasteiger partial charge < -0.3 is 5.73 Å². The van der Waals surface area contributed by atoms with Gasteiger partial charge in [0.05, 0.1) is 14.7 Å². The van der Waals surface area contributed by atoms with Crippen molar-refractivity contribution in [2.75, 3.05) is 5.73 Å². The van der Waals surface area contributed by atoms with Crippen molar-refractivity contribution < 1.29 is 8.78 Å². The fourth-order valence-corrected chi connectivity index (χ4v) is 2.50. The summed E-state index contributed by atoms with van der Waals surface area (Å²) in [7, 11) is 0. The second-order valence-electron chi connectivity index (χ2n) is 2.84. The maximum absolute atomic E-state index is 12.5. The largest absolute Gasteiger partial charge is 0.397 e. The zero-order chi connectivity index (χ0) is 10.3. The maximum Gasteiger partial charge on any atom is 0.265 e. The van der Waals surface area contributed by atoms with Gasteiger partial charge in [0, 0.05) is 5.56 Å². The highest BCUT2D eigenvalue weighted by atomic mass is 35.5. The van der Waals surface area contributed by atoms with Gasteiger partial charge in [-0.1, -0.05) is 23.7 Å². The summed E-state index contributed by atoms with van der Waals surface area (Å²) in [5.74, 6) is 0. The maximum atomic E-state index is 12.5. The Morgan fingerprint density at radius 3 is 2.71 bits per heavy atom. The van der Waals surface area contributed by atoms with Crippen LogP contribution in [0.5, 0.6) is 0 Å². The summed E-state index contributed by atoms with van der Waals surface area (Å²) in [4.78, 5) is 0. The van der Waals surface area contributed by atoms with Crippen LogP contribution in [-0.2, 0) is 0 Å². The number of benzene rings is 1. The Morgan fingerprint density at radius 1 is 1.36 bits per heavy atom. The smallest absolute Gasteiger partial charge is 0.265 e. The molecule has 0 saturated heterocycles. The molecule has 0 amide bonds. The van der Waals surface area contributed by atoms with Crippen molar-refractivity contribution in [1.82, 2.24) is 0 Å². The minimum absolute atomic E-state index is 0.129. The third kappa shape index (κ3) is 1.44. The Morgan fingerprint density at radius 2 is 2.07 bits per heavy atom. The van der Waals surface area contributed by atoms with Gasteiger partial charge >= 0.3 is 0 Å². The number of nitrogens with two attached hydrogens (primary N) is 1. The lowest BCUT2D eigenvalue weighted by molar-refractivity contribution is 0.152. The predicted octanol–water partition coefficient (Wildman–Crippen LogP) is 4.07. The first kappa shape index (κ1) is 9.68. The fraction of sp³-hybridized carbons (Fsp3) is 0.111. The van der Waals surface area contributed by atoms with Crippen LogP contribution >= 0.6 is 22.9 Å². The molecule has 2 aromatic rings. The Labute approximate surface area is 88.1 Å². The topological polar surface area (TPSA) is 26.0 Å². The van der Waals surface area contributed by atoms with E-state index in [1.54, 1.807) is 12.1 Å². The third-order valence-electron chi connectivity index (χ3n) is 1.96. The molecule has 1 heterocycles. The molecule has 0 aliphatic carbocycles. The van der Waals surface area contributed by atoms with E-state index >= 15 is 0 Å². The summed E-state index contributed by atoms with van der Waals surface area (Å²) in [5.41, 5.74) is 5.61. The van der Waals surface area contributed by atoms with Gasteiger partial charge in [-0.15, -0.1) is 11.3 Å². The van der Waals surface area contributed by atoms with Crippen LogP contribution in [0.1, 0.15) is 12.0 Å². The van der Waals surface area contributed by atoms with Crippen LogP contribution < -0.4 is 5.73 Å². The molecule has 0 fully saturated rings. The van der Waals surface area contributed by atoms with Gasteiger partial charge in [0.25, 0.3) is 6.43 Å². The molecule has 2 rings (SSSR count). The highest BCUT2D eigenvalue weighted by molar-refractivity contribution is 7.23. The molecule has 0 aliphatic rings. The molecule has 0 saturated carbocycles. The van der Waals surface area contributed by atoms with Crippen LogP contribution in [0, 0.1) is 0 Å². The van der Waals surface area contributed by atoms with Gasteiger partial charge in [0.15, 0.2) is 0 Å². The van der Waals surface area contributed by atoms with Crippen LogP contribution in [-0.4, -0.2) is 0 Å². The van der Waals surface area contributed by atoms with Crippen molar-refractivity contribution in [3.05, 3.63) is 28.1 Å². The lowest BCUT2D eigenvalue weighted by atomic mass is 10.1. The zero-order valence-corrected chi connectivity index (χ0v) is 8.50. The highest BCUT2D eigenvalue weighted by Gasteiger charge is 2.14. The Balaban J connectivity index is 2.74. The first-order valence-corrected chi connectivity index (χ1v) is 5.04. The molecule has 74 valence electrons. The monoisotopic (exact) mass is 233 g/mol. The Kier molecular flexibility index (Phi) is 2.33. The molecule has 2 N–H and O–H groups in total. The number of hydrogen-bond donors (Lipinski definition) is 1. The second kappa shape index (κ2) is 3.37. The summed E-state index contributed by atoms with van der Waals surface area (Å²) in [6.45, 7) is 0. The van der Waals surface area contributed by atoms with Crippen molar-refractivity contribution in [2.24, 2.45) is 0 Å². The molecule has 0 atom stereocenters. The molecule has 0 spiro atoms. The number of fused-ring (bicyclic) bond motifs is 1. The van der Waals surface area contributed by atoms with Crippen LogP contribution in [0.25, 0.3) is 10.1 Å². The van der Waals surface area contributed by atoms with Gasteiger partial charge in [-0.05, 0) is 11.5 Å². The number of hydrogen-bond acceptors (Lipinski definition) is 2. The van der Waals surface area contributed by atoms with E-state index in [4.69, 9.17) is 17.3 Å². The average molecular weight is 234 g/mol. The van der Waals surface area contributed by atoms with E-state index in [-0.39, 0.29) is 11.3 Å². The van der Waals surface area contributed by atoms with E-state index in [0.717, 1.165) is 5.39 Å². The van der Waals surface area contributed by atoms with Crippen molar-refractivity contribution in [3.63, 3.8) is 0 Å². The number of alkyl halides is 2. The van der Waals surface area contributed by atoms with E-state index in [2.05, 4.69) is 0 Å². The van der Waals surface area contributed by atoms with Crippen molar-refractivity contribution in [3.8, 4) is 0 Å². The van der Waals surface area contributed by atoms with Crippen molar-refractivity contribution in [1.29, 1.82) is 0 Å². The number of thiophene rings is 1. The second-order valence-corrected chi connectivity index (χ2v) is 4.52. The lowest BCUT2D eigenvalue weighted by Crippen LogP contribution is -1.94. The number of nitrogen functional groups attached to an aromatic ring is 1. The summed E-state index contributed by atoms with van der Waals surface area (Å²) in [5, 5.41) is 0.807. The van der Waals surface area contributed by atoms with E-state index in [1.165, 1.54) is 17.4 Å². The number of halogens is 3. The van der Waals surface area contributed by atoms with Crippen molar-refractivity contribution >= 4 is 38.7 Å². The Bertz CT molecular complexity index is 481. The van der Waals surface area contributed by atoms with Crippen LogP contribution in [0.4, 0.5) is 14.5 Å². The summed E-state index contributed by atoms with van der Waals surface area (Å²) in [6, 6.07) is 4.66. The SMILES string of the molecule is Nc1c(C(F)F)ccc2cc(Cl)sc12. The molecule has 0 radical (unpaired) electrons. The van der Waals surface area contributed by atoms with Gasteiger partial charge in [0.1, 0.15) is 0 Å². The number of rotatable bonds is 1. The standard InChI is InChI=1S/C9H6ClF2NS/c10-6-3-4-1-2-5(9(11)12)7(13)8(4)14-6/h1-3,9H,13H2. The number of anilines is 1. The van der Waals surface area contributed by atoms with Crippen LogP contribution in [0.15, 0.2) is 18.2 Å². The van der Waals surface area contributed by atoms with E-state index in [9.17, 15) is 8.78 Å². The zero-order valence-electron chi connectivity index (χ0n) is 6.93. The molecule has 0 unspecified atom stereocenters. The molecule has 0 aliphatic heterocycles. The summed E-state index contributed by atoms with van der Waals surface area (Å²) in [6.07, 6.45) is -2.54. The summed E-state index contributed by atoms with van der Waals surface area (Å²) >= 11 is 6.98. The molecule has 1 aromatic heterocycles. The van der Waals surface area contributed by atoms with Gasteiger partial charge in [-0.25, -0.2) is 8.78 Å². The normalized spacial score (nSPS) is 11.4. The minimum atomic E-state index is -2.54. The van der Waals surface area contributed by atoms with Crippen molar-refractivity contribution in [2.45, 2.75) is 6.43 Å². The Hall–Kier alpha value is -0.870. The molecular formula is C9H6ClF2NS. The van der Waals surface area contributed by atoms with Crippen LogP contribution in [0.2, 0.25) is 4.34 Å². The van der Waals surface area contributed by atoms with Gasteiger partial charge in [-0.3, -0.25) is 0 Å². The molecule has 14 heavy (non-hydrogen) atoms. The lowest BCUT2D eigenvalue weighted by Gasteiger charge is -2.04. The first-order chi connectivity index (χ1) is 6.59. The minimum Gasteiger partial charge on any atom is -0.397 e. The highest BCUT2D eigenvalue weighted by Crippen LogP contribution is 2.38. The summed E-state index contributed by atoms with van der Waals surface area (Å²) < 4.78 is 26.1. The van der Waals surface area contributed by atoms with Crippen LogP contribution in [0.3, 0.4) is 0 Å². The predicted molar refractivity (Wildman–Crippen MR) is 56.2 cm³/mol. The van der Waals surface area contributed by atoms with E-state index < -0.39 is 6.43 Å².